The van der Waals surface area contributed by atoms with E-state index < -0.39 is 5.97 Å². The van der Waals surface area contributed by atoms with E-state index in [4.69, 9.17) is 4.74 Å². The van der Waals surface area contributed by atoms with Crippen molar-refractivity contribution >= 4 is 40.0 Å². The Bertz CT molecular complexity index is 1130. The van der Waals surface area contributed by atoms with Crippen molar-refractivity contribution in [3.8, 4) is 0 Å². The van der Waals surface area contributed by atoms with Crippen LogP contribution < -0.4 is 0 Å². The molecule has 0 aliphatic rings. The average Bonchev–Trinajstić information content (AvgIpc) is 3.30. The summed E-state index contributed by atoms with van der Waals surface area (Å²) in [5.41, 5.74) is 2.15. The Morgan fingerprint density at radius 3 is 2.85 bits per heavy atom. The highest BCUT2D eigenvalue weighted by Gasteiger charge is 2.22. The summed E-state index contributed by atoms with van der Waals surface area (Å²) in [5.74, 6) is -0.457. The highest BCUT2D eigenvalue weighted by atomic mass is 32.2. The topological polar surface area (TPSA) is 105 Å². The lowest BCUT2D eigenvalue weighted by Gasteiger charge is -2.06. The van der Waals surface area contributed by atoms with E-state index in [-0.39, 0.29) is 22.9 Å². The number of hydrogen-bond donors (Lipinski definition) is 2. The molecule has 1 aromatic carbocycles. The third kappa shape index (κ3) is 3.24. The molecule has 4 aromatic rings. The summed E-state index contributed by atoms with van der Waals surface area (Å²) in [4.78, 5) is 19.7. The van der Waals surface area contributed by atoms with Gasteiger partial charge in [-0.25, -0.2) is 9.78 Å². The fourth-order valence-electron chi connectivity index (χ4n) is 2.65. The molecule has 0 atom stereocenters. The summed E-state index contributed by atoms with van der Waals surface area (Å²) < 4.78 is 6.63. The first kappa shape index (κ1) is 17.1. The molecule has 0 fully saturated rings. The smallest absolute Gasteiger partial charge is 0.345 e. The first-order valence-electron chi connectivity index (χ1n) is 8.05. The van der Waals surface area contributed by atoms with Crippen molar-refractivity contribution in [1.82, 2.24) is 24.6 Å². The van der Waals surface area contributed by atoms with Crippen LogP contribution in [-0.2, 0) is 9.53 Å². The second-order valence-electron chi connectivity index (χ2n) is 5.62. The molecular formula is C18H15N5O3S. The molecule has 0 radical (unpaired) electrons. The summed E-state index contributed by atoms with van der Waals surface area (Å²) in [6.45, 7) is 0. The zero-order chi connectivity index (χ0) is 18.8. The number of rotatable bonds is 5. The van der Waals surface area contributed by atoms with Gasteiger partial charge in [-0.1, -0.05) is 30.0 Å². The number of benzene rings is 1. The molecule has 0 amide bonds. The number of nitrogens with zero attached hydrogens (tertiary/aromatic N) is 4. The van der Waals surface area contributed by atoms with E-state index in [1.54, 1.807) is 4.40 Å². The Balaban J connectivity index is 1.67. The van der Waals surface area contributed by atoms with E-state index in [2.05, 4.69) is 20.2 Å². The van der Waals surface area contributed by atoms with Gasteiger partial charge in [-0.2, -0.15) is 0 Å². The first-order chi connectivity index (χ1) is 13.2. The number of imidazole rings is 1. The number of H-pyrrole nitrogens is 1. The minimum atomic E-state index is -0.668. The summed E-state index contributed by atoms with van der Waals surface area (Å²) in [6.07, 6.45) is 1.83. The number of ether oxygens (including phenoxy) is 1. The minimum Gasteiger partial charge on any atom is -0.510 e. The number of pyridine rings is 1. The molecule has 0 aliphatic heterocycles. The Hall–Kier alpha value is -3.33. The van der Waals surface area contributed by atoms with Crippen molar-refractivity contribution in [1.29, 1.82) is 0 Å². The van der Waals surface area contributed by atoms with Crippen LogP contribution in [0.4, 0.5) is 0 Å². The Labute approximate surface area is 157 Å². The number of fused-ring (bicyclic) bond motifs is 2. The van der Waals surface area contributed by atoms with Crippen LogP contribution in [0.25, 0.3) is 22.3 Å². The zero-order valence-corrected chi connectivity index (χ0v) is 15.1. The van der Waals surface area contributed by atoms with Crippen molar-refractivity contribution in [2.24, 2.45) is 0 Å². The molecule has 0 saturated carbocycles. The predicted molar refractivity (Wildman–Crippen MR) is 101 cm³/mol. The molecule has 4 rings (SSSR count). The van der Waals surface area contributed by atoms with Crippen molar-refractivity contribution in [2.75, 3.05) is 12.9 Å². The van der Waals surface area contributed by atoms with E-state index in [1.807, 2.05) is 48.7 Å². The molecule has 3 aromatic heterocycles. The molecule has 0 unspecified atom stereocenters. The number of thioether (sulfide) groups is 1. The molecule has 136 valence electrons. The van der Waals surface area contributed by atoms with Crippen molar-refractivity contribution in [3.05, 3.63) is 60.2 Å². The van der Waals surface area contributed by atoms with E-state index in [1.165, 1.54) is 18.9 Å². The second kappa shape index (κ2) is 7.12. The average molecular weight is 381 g/mol. The number of methoxy groups -OCH3 is 1. The largest absolute Gasteiger partial charge is 0.510 e. The lowest BCUT2D eigenvalue weighted by atomic mass is 10.2. The third-order valence-corrected chi connectivity index (χ3v) is 4.88. The van der Waals surface area contributed by atoms with Crippen LogP contribution in [0.5, 0.6) is 0 Å². The molecule has 2 N–H and O–H groups in total. The van der Waals surface area contributed by atoms with Crippen molar-refractivity contribution in [3.63, 3.8) is 0 Å². The summed E-state index contributed by atoms with van der Waals surface area (Å²) >= 11 is 1.25. The van der Waals surface area contributed by atoms with Crippen LogP contribution in [0.1, 0.15) is 5.82 Å². The minimum absolute atomic E-state index is 0.00461. The molecule has 0 saturated heterocycles. The maximum Gasteiger partial charge on any atom is 0.345 e. The second-order valence-corrected chi connectivity index (χ2v) is 6.56. The summed E-state index contributed by atoms with van der Waals surface area (Å²) in [5, 5.41) is 19.4. The normalized spacial score (nSPS) is 12.3. The zero-order valence-electron chi connectivity index (χ0n) is 14.3. The van der Waals surface area contributed by atoms with Crippen LogP contribution in [0.3, 0.4) is 0 Å². The number of esters is 1. The third-order valence-electron chi connectivity index (χ3n) is 3.92. The van der Waals surface area contributed by atoms with Gasteiger partial charge in [0, 0.05) is 6.20 Å². The highest BCUT2D eigenvalue weighted by Crippen LogP contribution is 2.25. The van der Waals surface area contributed by atoms with Crippen LogP contribution in [0.15, 0.2) is 59.6 Å². The monoisotopic (exact) mass is 381 g/mol. The molecule has 0 aliphatic carbocycles. The number of aliphatic hydroxyl groups excluding tert-OH is 1. The number of aromatic nitrogens is 5. The van der Waals surface area contributed by atoms with Gasteiger partial charge in [0.2, 0.25) is 0 Å². The van der Waals surface area contributed by atoms with Gasteiger partial charge in [-0.05, 0) is 24.3 Å². The van der Waals surface area contributed by atoms with Gasteiger partial charge in [0.25, 0.3) is 0 Å². The molecule has 27 heavy (non-hydrogen) atoms. The number of aromatic amines is 1. The SMILES string of the molecule is COC(=O)/C(=C(/O)CSc1nnc2ccccn12)c1nc2ccccc2[nH]1. The van der Waals surface area contributed by atoms with Gasteiger partial charge in [0.1, 0.15) is 17.2 Å². The number of hydrogen-bond acceptors (Lipinski definition) is 7. The molecule has 8 nitrogen and oxygen atoms in total. The number of carbonyl (C=O) groups excluding carboxylic acids is 1. The molecule has 3 heterocycles. The van der Waals surface area contributed by atoms with E-state index in [9.17, 15) is 9.90 Å². The van der Waals surface area contributed by atoms with Gasteiger partial charge in [-0.3, -0.25) is 4.40 Å². The molecule has 0 bridgehead atoms. The van der Waals surface area contributed by atoms with Crippen LogP contribution in [0.2, 0.25) is 0 Å². The number of carbonyl (C=O) groups is 1. The fourth-order valence-corrected chi connectivity index (χ4v) is 3.45. The number of para-hydroxylation sites is 2. The summed E-state index contributed by atoms with van der Waals surface area (Å²) in [6, 6.07) is 12.9. The maximum atomic E-state index is 12.3. The van der Waals surface area contributed by atoms with Gasteiger partial charge in [-0.15, -0.1) is 10.2 Å². The predicted octanol–water partition coefficient (Wildman–Crippen LogP) is 2.84. The van der Waals surface area contributed by atoms with Gasteiger partial charge in [0.15, 0.2) is 10.8 Å². The maximum absolute atomic E-state index is 12.3. The quantitative estimate of drug-likeness (QED) is 0.237. The van der Waals surface area contributed by atoms with Gasteiger partial charge < -0.3 is 14.8 Å². The first-order valence-corrected chi connectivity index (χ1v) is 9.04. The Morgan fingerprint density at radius 2 is 2.04 bits per heavy atom. The van der Waals surface area contributed by atoms with Gasteiger partial charge in [0.05, 0.1) is 23.9 Å². The number of aliphatic hydroxyl groups is 1. The molecule has 0 spiro atoms. The Kier molecular flexibility index (Phi) is 4.51. The lowest BCUT2D eigenvalue weighted by Crippen LogP contribution is -2.10. The van der Waals surface area contributed by atoms with Crippen LogP contribution >= 0.6 is 11.8 Å². The highest BCUT2D eigenvalue weighted by molar-refractivity contribution is 7.99. The van der Waals surface area contributed by atoms with E-state index in [0.29, 0.717) is 16.3 Å². The van der Waals surface area contributed by atoms with Crippen molar-refractivity contribution in [2.45, 2.75) is 5.16 Å². The van der Waals surface area contributed by atoms with E-state index >= 15 is 0 Å². The van der Waals surface area contributed by atoms with Crippen LogP contribution in [0, 0.1) is 0 Å². The number of nitrogens with one attached hydrogen (secondary N) is 1. The van der Waals surface area contributed by atoms with Crippen LogP contribution in [-0.4, -0.2) is 48.5 Å². The molecule has 9 heteroatoms. The fraction of sp³-hybridized carbons (Fsp3) is 0.111. The van der Waals surface area contributed by atoms with E-state index in [0.717, 1.165) is 5.52 Å². The lowest BCUT2D eigenvalue weighted by molar-refractivity contribution is -0.133. The van der Waals surface area contributed by atoms with Crippen molar-refractivity contribution < 1.29 is 14.6 Å². The summed E-state index contributed by atoms with van der Waals surface area (Å²) in [7, 11) is 1.26. The molecular weight excluding hydrogens is 366 g/mol. The Morgan fingerprint density at radius 1 is 1.22 bits per heavy atom. The standard InChI is InChI=1S/C18H15N5O3S/c1-26-17(25)15(16-19-11-6-2-3-7-12(11)20-16)13(24)10-27-18-22-21-14-8-4-5-9-23(14)18/h2-9,24H,10H2,1H3,(H,19,20)/b15-13+. The van der Waals surface area contributed by atoms with Gasteiger partial charge >= 0.3 is 5.97 Å².